The van der Waals surface area contributed by atoms with Crippen LogP contribution in [0, 0.1) is 0 Å². The number of carbonyl (C=O) groups is 3. The predicted octanol–water partition coefficient (Wildman–Crippen LogP) is 21.7. The Morgan fingerprint density at radius 2 is 0.465 bits per heavy atom. The fraction of sp³-hybridized carbons (Fsp3) is 0.923. The van der Waals surface area contributed by atoms with E-state index in [1.807, 2.05) is 0 Å². The molecule has 0 aromatic carbocycles. The highest BCUT2D eigenvalue weighted by molar-refractivity contribution is 5.71. The van der Waals surface area contributed by atoms with Crippen molar-refractivity contribution in [1.29, 1.82) is 0 Å². The van der Waals surface area contributed by atoms with Crippen LogP contribution in [0.15, 0.2) is 12.2 Å². The lowest BCUT2D eigenvalue weighted by Gasteiger charge is -2.18. The molecule has 0 fully saturated rings. The molecule has 0 saturated heterocycles. The Bertz CT molecular complexity index is 1100. The summed E-state index contributed by atoms with van der Waals surface area (Å²) in [4.78, 5) is 38.3. The van der Waals surface area contributed by atoms with Gasteiger partial charge < -0.3 is 14.2 Å². The highest BCUT2D eigenvalue weighted by Crippen LogP contribution is 2.18. The summed E-state index contributed by atoms with van der Waals surface area (Å²) in [6.45, 7) is 6.71. The van der Waals surface area contributed by atoms with Crippen molar-refractivity contribution in [2.24, 2.45) is 0 Å². The van der Waals surface area contributed by atoms with Gasteiger partial charge in [0.2, 0.25) is 0 Å². The molecule has 0 aliphatic carbocycles. The van der Waals surface area contributed by atoms with Crippen LogP contribution in [0.4, 0.5) is 0 Å². The van der Waals surface area contributed by atoms with E-state index in [9.17, 15) is 14.4 Å². The molecule has 0 aliphatic rings. The van der Waals surface area contributed by atoms with Crippen molar-refractivity contribution in [1.82, 2.24) is 0 Å². The molecule has 0 spiro atoms. The van der Waals surface area contributed by atoms with Crippen molar-refractivity contribution < 1.29 is 28.6 Å². The summed E-state index contributed by atoms with van der Waals surface area (Å²) in [7, 11) is 0. The van der Waals surface area contributed by atoms with Gasteiger partial charge in [-0.25, -0.2) is 0 Å². The van der Waals surface area contributed by atoms with E-state index in [0.29, 0.717) is 19.3 Å². The fourth-order valence-corrected chi connectivity index (χ4v) is 9.91. The normalized spacial score (nSPS) is 12.0. The Hall–Kier alpha value is -1.85. The molecule has 1 atom stereocenters. The third kappa shape index (κ3) is 58.9. The SMILES string of the molecule is CCCCCCCC/C=C\CCCCCCCCCCCC(=O)OC[C@H](COC(=O)CCCCCCCCCCCCCCC)OC(=O)CCCCCCCCCCCCCCCCCCCCCCC. The van der Waals surface area contributed by atoms with Crippen LogP contribution in [0.3, 0.4) is 0 Å². The first-order chi connectivity index (χ1) is 35.0. The van der Waals surface area contributed by atoms with Crippen LogP contribution in [0.2, 0.25) is 0 Å². The Balaban J connectivity index is 4.26. The van der Waals surface area contributed by atoms with Crippen LogP contribution < -0.4 is 0 Å². The first-order valence-corrected chi connectivity index (χ1v) is 32.2. The van der Waals surface area contributed by atoms with Crippen LogP contribution in [-0.2, 0) is 28.6 Å². The van der Waals surface area contributed by atoms with Gasteiger partial charge >= 0.3 is 17.9 Å². The van der Waals surface area contributed by atoms with Crippen molar-refractivity contribution in [2.45, 2.75) is 374 Å². The van der Waals surface area contributed by atoms with E-state index in [1.54, 1.807) is 0 Å². The molecule has 71 heavy (non-hydrogen) atoms. The van der Waals surface area contributed by atoms with Crippen LogP contribution in [0.1, 0.15) is 367 Å². The van der Waals surface area contributed by atoms with Crippen molar-refractivity contribution in [3.63, 3.8) is 0 Å². The lowest BCUT2D eigenvalue weighted by molar-refractivity contribution is -0.167. The minimum atomic E-state index is -0.766. The minimum absolute atomic E-state index is 0.0639. The van der Waals surface area contributed by atoms with E-state index in [4.69, 9.17) is 14.2 Å². The molecule has 0 amide bonds. The third-order valence-electron chi connectivity index (χ3n) is 14.8. The van der Waals surface area contributed by atoms with Gasteiger partial charge in [0.05, 0.1) is 0 Å². The molecule has 420 valence electrons. The number of rotatable bonds is 60. The first-order valence-electron chi connectivity index (χ1n) is 32.2. The van der Waals surface area contributed by atoms with E-state index >= 15 is 0 Å². The van der Waals surface area contributed by atoms with E-state index in [2.05, 4.69) is 32.9 Å². The standard InChI is InChI=1S/C65H124O6/c1-4-7-10-13-16-19-22-25-27-29-31-32-34-36-38-41-44-47-50-53-56-59-65(68)71-62(60-69-63(66)57-54-51-48-45-42-39-24-21-18-15-12-9-6-3)61-70-64(67)58-55-52-49-46-43-40-37-35-33-30-28-26-23-20-17-14-11-8-5-2/h26,28,62H,4-25,27,29-61H2,1-3H3/b28-26-/t62-/m0/s1. The average molecular weight is 1000 g/mol. The summed E-state index contributed by atoms with van der Waals surface area (Å²) >= 11 is 0. The zero-order valence-electron chi connectivity index (χ0n) is 48.3. The Morgan fingerprint density at radius 1 is 0.268 bits per heavy atom. The molecule has 6 heteroatoms. The maximum atomic E-state index is 12.9. The molecule has 0 bridgehead atoms. The maximum absolute atomic E-state index is 12.9. The minimum Gasteiger partial charge on any atom is -0.462 e. The van der Waals surface area contributed by atoms with Crippen LogP contribution >= 0.6 is 0 Å². The summed E-state index contributed by atoms with van der Waals surface area (Å²) in [6, 6.07) is 0. The van der Waals surface area contributed by atoms with E-state index in [1.165, 1.54) is 270 Å². The fourth-order valence-electron chi connectivity index (χ4n) is 9.91. The second-order valence-corrected chi connectivity index (χ2v) is 22.0. The molecule has 0 unspecified atom stereocenters. The maximum Gasteiger partial charge on any atom is 0.306 e. The molecule has 0 saturated carbocycles. The van der Waals surface area contributed by atoms with Crippen molar-refractivity contribution in [3.8, 4) is 0 Å². The smallest absolute Gasteiger partial charge is 0.306 e. The lowest BCUT2D eigenvalue weighted by atomic mass is 10.0. The van der Waals surface area contributed by atoms with Crippen LogP contribution in [0.5, 0.6) is 0 Å². The Morgan fingerprint density at radius 3 is 0.704 bits per heavy atom. The van der Waals surface area contributed by atoms with Gasteiger partial charge in [-0.15, -0.1) is 0 Å². The van der Waals surface area contributed by atoms with E-state index < -0.39 is 6.10 Å². The number of hydrogen-bond acceptors (Lipinski definition) is 6. The summed E-state index contributed by atoms with van der Waals surface area (Å²) in [5.41, 5.74) is 0. The van der Waals surface area contributed by atoms with Gasteiger partial charge in [0.1, 0.15) is 13.2 Å². The lowest BCUT2D eigenvalue weighted by Crippen LogP contribution is -2.30. The third-order valence-corrected chi connectivity index (χ3v) is 14.8. The van der Waals surface area contributed by atoms with Crippen molar-refractivity contribution in [3.05, 3.63) is 12.2 Å². The Kier molecular flexibility index (Phi) is 59.1. The number of ether oxygens (including phenoxy) is 3. The molecule has 6 nitrogen and oxygen atoms in total. The summed E-state index contributed by atoms with van der Waals surface area (Å²) < 4.78 is 16.9. The zero-order valence-corrected chi connectivity index (χ0v) is 48.3. The van der Waals surface area contributed by atoms with E-state index in [-0.39, 0.29) is 31.1 Å². The molecule has 0 aromatic heterocycles. The Labute approximate surface area is 443 Å². The van der Waals surface area contributed by atoms with Gasteiger partial charge in [-0.3, -0.25) is 14.4 Å². The van der Waals surface area contributed by atoms with Gasteiger partial charge in [0, 0.05) is 19.3 Å². The molecular weight excluding hydrogens is 877 g/mol. The number of unbranched alkanes of at least 4 members (excludes halogenated alkanes) is 47. The monoisotopic (exact) mass is 1000 g/mol. The molecule has 0 aromatic rings. The molecule has 0 radical (unpaired) electrons. The van der Waals surface area contributed by atoms with Gasteiger partial charge in [0.25, 0.3) is 0 Å². The van der Waals surface area contributed by atoms with E-state index in [0.717, 1.165) is 57.8 Å². The molecule has 0 heterocycles. The van der Waals surface area contributed by atoms with Crippen LogP contribution in [-0.4, -0.2) is 37.2 Å². The topological polar surface area (TPSA) is 78.9 Å². The molecular formula is C65H124O6. The highest BCUT2D eigenvalue weighted by atomic mass is 16.6. The largest absolute Gasteiger partial charge is 0.462 e. The molecule has 0 aliphatic heterocycles. The predicted molar refractivity (Wildman–Crippen MR) is 307 cm³/mol. The van der Waals surface area contributed by atoms with Gasteiger partial charge in [-0.2, -0.15) is 0 Å². The number of esters is 3. The first kappa shape index (κ1) is 69.2. The number of hydrogen-bond donors (Lipinski definition) is 0. The summed E-state index contributed by atoms with van der Waals surface area (Å²) in [5, 5.41) is 0. The summed E-state index contributed by atoms with van der Waals surface area (Å²) in [5.74, 6) is -0.835. The molecule has 0 rings (SSSR count). The second-order valence-electron chi connectivity index (χ2n) is 22.0. The summed E-state index contributed by atoms with van der Waals surface area (Å²) in [6.07, 6.45) is 70.7. The van der Waals surface area contributed by atoms with Gasteiger partial charge in [-0.1, -0.05) is 315 Å². The van der Waals surface area contributed by atoms with Crippen molar-refractivity contribution >= 4 is 17.9 Å². The van der Waals surface area contributed by atoms with Crippen molar-refractivity contribution in [2.75, 3.05) is 13.2 Å². The highest BCUT2D eigenvalue weighted by Gasteiger charge is 2.19. The number of allylic oxidation sites excluding steroid dienone is 2. The van der Waals surface area contributed by atoms with Crippen LogP contribution in [0.25, 0.3) is 0 Å². The zero-order chi connectivity index (χ0) is 51.4. The average Bonchev–Trinajstić information content (AvgIpc) is 3.37. The van der Waals surface area contributed by atoms with Gasteiger partial charge in [-0.05, 0) is 44.9 Å². The number of carbonyl (C=O) groups excluding carboxylic acids is 3. The molecule has 0 N–H and O–H groups in total. The van der Waals surface area contributed by atoms with Gasteiger partial charge in [0.15, 0.2) is 6.10 Å². The second kappa shape index (κ2) is 60.7. The quantitative estimate of drug-likeness (QED) is 0.0261.